The van der Waals surface area contributed by atoms with E-state index in [1.54, 1.807) is 0 Å². The molecule has 0 aromatic carbocycles. The Bertz CT molecular complexity index is 257. The molecule has 1 aliphatic carbocycles. The summed E-state index contributed by atoms with van der Waals surface area (Å²) < 4.78 is 0. The molecule has 19 heavy (non-hydrogen) atoms. The second-order valence-corrected chi connectivity index (χ2v) is 6.86. The topological polar surface area (TPSA) is 41.3 Å². The summed E-state index contributed by atoms with van der Waals surface area (Å²) in [6.45, 7) is 7.27. The van der Waals surface area contributed by atoms with Crippen molar-refractivity contribution in [2.45, 2.75) is 83.2 Å². The highest BCUT2D eigenvalue weighted by Crippen LogP contribution is 2.35. The summed E-state index contributed by atoms with van der Waals surface area (Å²) in [5, 5.41) is 0. The zero-order chi connectivity index (χ0) is 13.7. The van der Waals surface area contributed by atoms with E-state index in [4.69, 9.17) is 5.84 Å². The van der Waals surface area contributed by atoms with Gasteiger partial charge < -0.3 is 0 Å². The van der Waals surface area contributed by atoms with Crippen molar-refractivity contribution in [1.29, 1.82) is 0 Å². The predicted molar refractivity (Wildman–Crippen MR) is 81.8 cm³/mol. The molecule has 0 aromatic rings. The largest absolute Gasteiger partial charge is 0.296 e. The highest BCUT2D eigenvalue weighted by Gasteiger charge is 2.39. The molecule has 2 rings (SSSR count). The molecular formula is C16H33N3. The normalized spacial score (nSPS) is 27.3. The summed E-state index contributed by atoms with van der Waals surface area (Å²) in [5.74, 6) is 6.84. The lowest BCUT2D eigenvalue weighted by Crippen LogP contribution is -2.62. The molecule has 1 aliphatic heterocycles. The molecule has 2 atom stereocenters. The molecule has 1 saturated heterocycles. The molecule has 3 N–H and O–H groups in total. The minimum absolute atomic E-state index is 0.234. The van der Waals surface area contributed by atoms with Gasteiger partial charge in [0.2, 0.25) is 0 Å². The first-order chi connectivity index (χ1) is 9.20. The third-order valence-corrected chi connectivity index (χ3v) is 5.79. The van der Waals surface area contributed by atoms with E-state index in [9.17, 15) is 0 Å². The van der Waals surface area contributed by atoms with E-state index in [1.165, 1.54) is 70.9 Å². The van der Waals surface area contributed by atoms with Crippen LogP contribution < -0.4 is 11.3 Å². The highest BCUT2D eigenvalue weighted by atomic mass is 15.3. The van der Waals surface area contributed by atoms with Crippen molar-refractivity contribution >= 4 is 0 Å². The van der Waals surface area contributed by atoms with Crippen molar-refractivity contribution in [1.82, 2.24) is 10.3 Å². The van der Waals surface area contributed by atoms with Crippen molar-refractivity contribution < 1.29 is 0 Å². The first-order valence-corrected chi connectivity index (χ1v) is 8.42. The maximum Gasteiger partial charge on any atom is 0.0394 e. The molecule has 3 heteroatoms. The van der Waals surface area contributed by atoms with Gasteiger partial charge in [-0.15, -0.1) is 0 Å². The fourth-order valence-electron chi connectivity index (χ4n) is 4.18. The maximum atomic E-state index is 5.94. The fraction of sp³-hybridized carbons (Fsp3) is 1.00. The zero-order valence-corrected chi connectivity index (χ0v) is 13.0. The first kappa shape index (κ1) is 15.3. The zero-order valence-electron chi connectivity index (χ0n) is 13.0. The molecule has 2 fully saturated rings. The minimum Gasteiger partial charge on any atom is -0.296 e. The van der Waals surface area contributed by atoms with Crippen LogP contribution in [0.1, 0.15) is 71.6 Å². The Morgan fingerprint density at radius 3 is 2.32 bits per heavy atom. The van der Waals surface area contributed by atoms with E-state index in [2.05, 4.69) is 24.2 Å². The average molecular weight is 267 g/mol. The molecule has 1 saturated carbocycles. The Morgan fingerprint density at radius 2 is 1.79 bits per heavy atom. The van der Waals surface area contributed by atoms with Gasteiger partial charge >= 0.3 is 0 Å². The number of nitrogens with two attached hydrogens (primary N) is 1. The molecule has 0 radical (unpaired) electrons. The number of likely N-dealkylation sites (tertiary alicyclic amines) is 1. The van der Waals surface area contributed by atoms with Crippen LogP contribution in [0.25, 0.3) is 0 Å². The van der Waals surface area contributed by atoms with Gasteiger partial charge in [-0.05, 0) is 51.6 Å². The van der Waals surface area contributed by atoms with Crippen LogP contribution in [-0.2, 0) is 0 Å². The highest BCUT2D eigenvalue weighted by molar-refractivity contribution is 4.97. The maximum absolute atomic E-state index is 5.94. The lowest BCUT2D eigenvalue weighted by atomic mass is 9.81. The van der Waals surface area contributed by atoms with Gasteiger partial charge in [-0.2, -0.15) is 0 Å². The smallest absolute Gasteiger partial charge is 0.0394 e. The molecule has 0 aromatic heterocycles. The van der Waals surface area contributed by atoms with Gasteiger partial charge in [0.05, 0.1) is 0 Å². The number of hydrogen-bond acceptors (Lipinski definition) is 3. The summed E-state index contributed by atoms with van der Waals surface area (Å²) >= 11 is 0. The molecule has 1 heterocycles. The van der Waals surface area contributed by atoms with E-state index in [0.29, 0.717) is 6.04 Å². The predicted octanol–water partition coefficient (Wildman–Crippen LogP) is 3.05. The fourth-order valence-corrected chi connectivity index (χ4v) is 4.18. The van der Waals surface area contributed by atoms with Crippen molar-refractivity contribution in [3.05, 3.63) is 0 Å². The third kappa shape index (κ3) is 3.50. The van der Waals surface area contributed by atoms with E-state index in [0.717, 1.165) is 5.92 Å². The van der Waals surface area contributed by atoms with Crippen molar-refractivity contribution in [3.8, 4) is 0 Å². The van der Waals surface area contributed by atoms with E-state index >= 15 is 0 Å². The van der Waals surface area contributed by atoms with Gasteiger partial charge in [0.25, 0.3) is 0 Å². The summed E-state index contributed by atoms with van der Waals surface area (Å²) in [5.41, 5.74) is 3.41. The van der Waals surface area contributed by atoms with Crippen LogP contribution in [0.5, 0.6) is 0 Å². The minimum atomic E-state index is 0.234. The Hall–Kier alpha value is -0.120. The van der Waals surface area contributed by atoms with Gasteiger partial charge in [0.15, 0.2) is 0 Å². The van der Waals surface area contributed by atoms with Crippen LogP contribution in [0.3, 0.4) is 0 Å². The van der Waals surface area contributed by atoms with Gasteiger partial charge in [-0.25, -0.2) is 0 Å². The van der Waals surface area contributed by atoms with Crippen molar-refractivity contribution in [2.75, 3.05) is 13.1 Å². The van der Waals surface area contributed by atoms with Crippen LogP contribution in [0, 0.1) is 5.92 Å². The lowest BCUT2D eigenvalue weighted by Gasteiger charge is -2.48. The Kier molecular flexibility index (Phi) is 5.67. The van der Waals surface area contributed by atoms with Crippen LogP contribution in [0.4, 0.5) is 0 Å². The van der Waals surface area contributed by atoms with E-state index in [1.807, 2.05) is 0 Å². The summed E-state index contributed by atoms with van der Waals surface area (Å²) in [6.07, 6.45) is 12.2. The molecule has 112 valence electrons. The Labute approximate surface area is 119 Å². The quantitative estimate of drug-likeness (QED) is 0.574. The second-order valence-electron chi connectivity index (χ2n) is 6.86. The number of nitrogens with one attached hydrogen (secondary N) is 1. The van der Waals surface area contributed by atoms with Crippen LogP contribution in [0.15, 0.2) is 0 Å². The SMILES string of the molecule is CCC(C)(C(CC1CCCC1)NN)N1CCCCC1. The number of hydrazine groups is 1. The summed E-state index contributed by atoms with van der Waals surface area (Å²) in [6, 6.07) is 0.443. The van der Waals surface area contributed by atoms with Gasteiger partial charge in [-0.3, -0.25) is 16.2 Å². The van der Waals surface area contributed by atoms with Crippen molar-refractivity contribution in [3.63, 3.8) is 0 Å². The van der Waals surface area contributed by atoms with E-state index in [-0.39, 0.29) is 5.54 Å². The second kappa shape index (κ2) is 7.05. The van der Waals surface area contributed by atoms with Crippen LogP contribution in [0.2, 0.25) is 0 Å². The molecule has 0 amide bonds. The summed E-state index contributed by atoms with van der Waals surface area (Å²) in [7, 11) is 0. The standard InChI is InChI=1S/C16H33N3/c1-3-16(2,19-11-7-4-8-12-19)15(18-17)13-14-9-5-6-10-14/h14-15,18H,3-13,17H2,1-2H3. The van der Waals surface area contributed by atoms with Crippen molar-refractivity contribution in [2.24, 2.45) is 11.8 Å². The Morgan fingerprint density at radius 1 is 1.16 bits per heavy atom. The molecule has 3 nitrogen and oxygen atoms in total. The van der Waals surface area contributed by atoms with E-state index < -0.39 is 0 Å². The molecule has 0 spiro atoms. The number of rotatable bonds is 6. The number of hydrogen-bond donors (Lipinski definition) is 2. The molecule has 2 unspecified atom stereocenters. The van der Waals surface area contributed by atoms with Crippen LogP contribution >= 0.6 is 0 Å². The number of nitrogens with zero attached hydrogens (tertiary/aromatic N) is 1. The third-order valence-electron chi connectivity index (χ3n) is 5.79. The van der Waals surface area contributed by atoms with Gasteiger partial charge in [0, 0.05) is 11.6 Å². The lowest BCUT2D eigenvalue weighted by molar-refractivity contribution is 0.0351. The molecule has 0 bridgehead atoms. The monoisotopic (exact) mass is 267 g/mol. The van der Waals surface area contributed by atoms with Gasteiger partial charge in [0.1, 0.15) is 0 Å². The number of piperidine rings is 1. The first-order valence-electron chi connectivity index (χ1n) is 8.42. The summed E-state index contributed by atoms with van der Waals surface area (Å²) in [4.78, 5) is 2.70. The van der Waals surface area contributed by atoms with Gasteiger partial charge in [-0.1, -0.05) is 39.0 Å². The molecule has 2 aliphatic rings. The Balaban J connectivity index is 2.01. The molecular weight excluding hydrogens is 234 g/mol. The van der Waals surface area contributed by atoms with Crippen LogP contribution in [-0.4, -0.2) is 29.6 Å². The average Bonchev–Trinajstić information content (AvgIpc) is 2.98.